The summed E-state index contributed by atoms with van der Waals surface area (Å²) in [5.74, 6) is -3.96. The molecule has 7 N–H and O–H groups in total. The van der Waals surface area contributed by atoms with Gasteiger partial charge in [-0.05, 0) is 36.8 Å². The number of ether oxygens (including phenoxy) is 1. The summed E-state index contributed by atoms with van der Waals surface area (Å²) in [6, 6.07) is 11.4. The Morgan fingerprint density at radius 2 is 1.56 bits per heavy atom. The van der Waals surface area contributed by atoms with Crippen LogP contribution in [0.2, 0.25) is 0 Å². The Kier molecular flexibility index (Phi) is 15.6. The Labute approximate surface area is 265 Å². The second kappa shape index (κ2) is 18.8. The molecule has 4 atom stereocenters. The number of nitrogens with two attached hydrogens (primary N) is 1. The molecule has 45 heavy (non-hydrogen) atoms. The zero-order valence-electron chi connectivity index (χ0n) is 24.8. The number of rotatable bonds is 18. The number of aliphatic hydroxyl groups is 2. The molecule has 0 aliphatic carbocycles. The van der Waals surface area contributed by atoms with E-state index in [4.69, 9.17) is 10.5 Å². The Bertz CT molecular complexity index is 1410. The van der Waals surface area contributed by atoms with Crippen LogP contribution < -0.4 is 21.7 Å². The van der Waals surface area contributed by atoms with E-state index in [2.05, 4.69) is 26.2 Å². The fourth-order valence-electron chi connectivity index (χ4n) is 3.42. The number of nitrogens with zero attached hydrogens (tertiary/aromatic N) is 2. The first-order valence-corrected chi connectivity index (χ1v) is 16.7. The quantitative estimate of drug-likeness (QED) is 0.0538. The van der Waals surface area contributed by atoms with E-state index in [1.54, 1.807) is 36.4 Å². The number of nitrogens with one attached hydrogen (secondary N) is 3. The van der Waals surface area contributed by atoms with E-state index in [1.807, 2.05) is 18.2 Å². The molecule has 0 aliphatic rings. The number of amides is 3. The molecule has 0 saturated carbocycles. The Morgan fingerprint density at radius 3 is 2.13 bits per heavy atom. The largest absolute Gasteiger partial charge is 0.463 e. The van der Waals surface area contributed by atoms with Crippen molar-refractivity contribution in [2.75, 3.05) is 30.6 Å². The van der Waals surface area contributed by atoms with Gasteiger partial charge >= 0.3 is 5.97 Å². The van der Waals surface area contributed by atoms with Crippen molar-refractivity contribution >= 4 is 56.7 Å². The maximum absolute atomic E-state index is 12.8. The summed E-state index contributed by atoms with van der Waals surface area (Å²) in [7, 11) is -3.71. The molecule has 246 valence electrons. The molecule has 17 heteroatoms. The predicted molar refractivity (Wildman–Crippen MR) is 167 cm³/mol. The standard InChI is InChI=1S/C28H38N6O9S2/c1-18(36)25(29)27(39)31-23(14-35)26(38)32-24(15-44-17-30-19(2)37)28(40)43-12-13-45(41,42)16-20-8-10-22(11-9-20)34-33-21-6-4-3-5-7-21/h3-11,18,23-25,35-36H,12-17,29H2,1-2H3,(H,30,37)(H,31,39)(H,32,38)/t18-,23+,24+,25+/m1/s1. The fourth-order valence-corrected chi connectivity index (χ4v) is 5.48. The lowest BCUT2D eigenvalue weighted by Gasteiger charge is -2.23. The molecule has 3 amide bonds. The minimum absolute atomic E-state index is 0.0924. The van der Waals surface area contributed by atoms with Gasteiger partial charge in [0, 0.05) is 12.7 Å². The number of aliphatic hydroxyl groups excluding tert-OH is 2. The number of carbonyl (C=O) groups excluding carboxylic acids is 4. The molecule has 2 aromatic rings. The van der Waals surface area contributed by atoms with E-state index in [-0.39, 0.29) is 23.3 Å². The van der Waals surface area contributed by atoms with Crippen molar-refractivity contribution in [3.05, 3.63) is 60.2 Å². The lowest BCUT2D eigenvalue weighted by molar-refractivity contribution is -0.147. The van der Waals surface area contributed by atoms with Crippen molar-refractivity contribution < 1.29 is 42.5 Å². The highest BCUT2D eigenvalue weighted by Gasteiger charge is 2.30. The van der Waals surface area contributed by atoms with Gasteiger partial charge in [-0.25, -0.2) is 13.2 Å². The highest BCUT2D eigenvalue weighted by molar-refractivity contribution is 7.99. The number of carbonyl (C=O) groups is 4. The third-order valence-corrected chi connectivity index (χ3v) is 8.42. The molecule has 0 heterocycles. The average molecular weight is 667 g/mol. The van der Waals surface area contributed by atoms with Crippen LogP contribution in [-0.4, -0.2) is 97.1 Å². The summed E-state index contributed by atoms with van der Waals surface area (Å²) in [6.45, 7) is 1.22. The highest BCUT2D eigenvalue weighted by atomic mass is 32.2. The third-order valence-electron chi connectivity index (χ3n) is 5.95. The maximum Gasteiger partial charge on any atom is 0.329 e. The molecule has 0 radical (unpaired) electrons. The second-order valence-electron chi connectivity index (χ2n) is 9.78. The van der Waals surface area contributed by atoms with Gasteiger partial charge in [0.05, 0.1) is 41.5 Å². The van der Waals surface area contributed by atoms with E-state index >= 15 is 0 Å². The van der Waals surface area contributed by atoms with Crippen LogP contribution in [0.15, 0.2) is 64.8 Å². The van der Waals surface area contributed by atoms with Crippen molar-refractivity contribution in [1.82, 2.24) is 16.0 Å². The molecule has 15 nitrogen and oxygen atoms in total. The number of hydrogen-bond acceptors (Lipinski definition) is 13. The van der Waals surface area contributed by atoms with Gasteiger partial charge in [-0.15, -0.1) is 11.8 Å². The van der Waals surface area contributed by atoms with Crippen molar-refractivity contribution in [1.29, 1.82) is 0 Å². The summed E-state index contributed by atoms with van der Waals surface area (Å²) in [6.07, 6.45) is -1.23. The minimum Gasteiger partial charge on any atom is -0.463 e. The molecular weight excluding hydrogens is 628 g/mol. The smallest absolute Gasteiger partial charge is 0.329 e. The molecule has 2 aromatic carbocycles. The van der Waals surface area contributed by atoms with Crippen LogP contribution in [0.1, 0.15) is 19.4 Å². The van der Waals surface area contributed by atoms with Gasteiger partial charge in [0.2, 0.25) is 17.7 Å². The number of hydrogen-bond donors (Lipinski definition) is 6. The Hall–Kier alpha value is -3.90. The predicted octanol–water partition coefficient (Wildman–Crippen LogP) is 0.0568. The monoisotopic (exact) mass is 666 g/mol. The van der Waals surface area contributed by atoms with Crippen molar-refractivity contribution in [3.63, 3.8) is 0 Å². The van der Waals surface area contributed by atoms with Crippen LogP contribution in [-0.2, 0) is 39.5 Å². The van der Waals surface area contributed by atoms with Crippen LogP contribution in [0.25, 0.3) is 0 Å². The molecule has 0 fully saturated rings. The maximum atomic E-state index is 12.8. The van der Waals surface area contributed by atoms with Gasteiger partial charge < -0.3 is 36.6 Å². The van der Waals surface area contributed by atoms with Crippen LogP contribution in [0, 0.1) is 0 Å². The lowest BCUT2D eigenvalue weighted by atomic mass is 10.1. The van der Waals surface area contributed by atoms with Gasteiger partial charge in [-0.2, -0.15) is 10.2 Å². The van der Waals surface area contributed by atoms with E-state index in [0.29, 0.717) is 16.9 Å². The van der Waals surface area contributed by atoms with Gasteiger partial charge in [-0.3, -0.25) is 14.4 Å². The topological polar surface area (TPSA) is 239 Å². The normalized spacial score (nSPS) is 14.2. The highest BCUT2D eigenvalue weighted by Crippen LogP contribution is 2.19. The molecule has 0 spiro atoms. The Morgan fingerprint density at radius 1 is 0.956 bits per heavy atom. The number of azo groups is 1. The molecule has 2 rings (SSSR count). The fraction of sp³-hybridized carbons (Fsp3) is 0.429. The van der Waals surface area contributed by atoms with Crippen molar-refractivity contribution in [3.8, 4) is 0 Å². The Balaban J connectivity index is 1.96. The van der Waals surface area contributed by atoms with E-state index in [1.165, 1.54) is 13.8 Å². The molecule has 0 saturated heterocycles. The number of esters is 1. The van der Waals surface area contributed by atoms with E-state index < -0.39 is 70.8 Å². The van der Waals surface area contributed by atoms with Crippen molar-refractivity contribution in [2.45, 2.75) is 43.8 Å². The lowest BCUT2D eigenvalue weighted by Crippen LogP contribution is -2.58. The number of thioether (sulfide) groups is 1. The number of benzene rings is 2. The van der Waals surface area contributed by atoms with Crippen molar-refractivity contribution in [2.24, 2.45) is 16.0 Å². The average Bonchev–Trinajstić information content (AvgIpc) is 3.00. The molecule has 0 bridgehead atoms. The van der Waals surface area contributed by atoms with E-state index in [9.17, 15) is 37.8 Å². The SMILES string of the molecule is CC(=O)NCSC[C@H](NC(=O)[C@H](CO)NC(=O)[C@@H](N)[C@@H](C)O)C(=O)OCCS(=O)(=O)Cc1ccc(N=Nc2ccccc2)cc1. The minimum atomic E-state index is -3.71. The zero-order valence-corrected chi connectivity index (χ0v) is 26.4. The first kappa shape index (κ1) is 37.3. The van der Waals surface area contributed by atoms with Crippen LogP contribution in [0.5, 0.6) is 0 Å². The van der Waals surface area contributed by atoms with Gasteiger partial charge in [-0.1, -0.05) is 30.3 Å². The molecule has 0 aromatic heterocycles. The molecule has 0 unspecified atom stereocenters. The first-order valence-electron chi connectivity index (χ1n) is 13.7. The first-order chi connectivity index (χ1) is 21.3. The molecular formula is C28H38N6O9S2. The summed E-state index contributed by atoms with van der Waals surface area (Å²) in [4.78, 5) is 48.9. The second-order valence-corrected chi connectivity index (χ2v) is 13.0. The van der Waals surface area contributed by atoms with Crippen LogP contribution in [0.4, 0.5) is 11.4 Å². The summed E-state index contributed by atoms with van der Waals surface area (Å²) in [5, 5.41) is 34.4. The zero-order chi connectivity index (χ0) is 33.4. The third kappa shape index (κ3) is 14.2. The van der Waals surface area contributed by atoms with Gasteiger partial charge in [0.25, 0.3) is 0 Å². The van der Waals surface area contributed by atoms with E-state index in [0.717, 1.165) is 11.8 Å². The van der Waals surface area contributed by atoms with Gasteiger partial charge in [0.15, 0.2) is 9.84 Å². The molecule has 0 aliphatic heterocycles. The van der Waals surface area contributed by atoms with Crippen LogP contribution >= 0.6 is 11.8 Å². The van der Waals surface area contributed by atoms with Gasteiger partial charge in [0.1, 0.15) is 24.7 Å². The number of sulfone groups is 1. The van der Waals surface area contributed by atoms with Crippen LogP contribution in [0.3, 0.4) is 0 Å². The summed E-state index contributed by atoms with van der Waals surface area (Å²) < 4.78 is 30.5. The summed E-state index contributed by atoms with van der Waals surface area (Å²) >= 11 is 1.06. The summed E-state index contributed by atoms with van der Waals surface area (Å²) in [5.41, 5.74) is 7.25.